The second-order valence-corrected chi connectivity index (χ2v) is 7.46. The first-order valence-corrected chi connectivity index (χ1v) is 5.31. The van der Waals surface area contributed by atoms with Crippen LogP contribution in [0.5, 0.6) is 0 Å². The maximum atomic E-state index is 5.63. The Labute approximate surface area is 88.7 Å². The fourth-order valence-electron chi connectivity index (χ4n) is 1.09. The topological polar surface area (TPSA) is 18.5 Å². The molecule has 1 heterocycles. The SMILES string of the molecule is CC1(C)COB(C(C)(C)I)OC1. The molecule has 0 spiro atoms. The molecule has 0 radical (unpaired) electrons. The molecule has 1 aliphatic rings. The Morgan fingerprint density at radius 1 is 1.25 bits per heavy atom. The number of hydrogen-bond donors (Lipinski definition) is 0. The van der Waals surface area contributed by atoms with Gasteiger partial charge in [0.05, 0.1) is 3.32 Å². The maximum Gasteiger partial charge on any atom is 0.473 e. The average molecular weight is 282 g/mol. The van der Waals surface area contributed by atoms with Crippen LogP contribution in [-0.2, 0) is 9.31 Å². The van der Waals surface area contributed by atoms with E-state index in [4.69, 9.17) is 9.31 Å². The second kappa shape index (κ2) is 3.46. The van der Waals surface area contributed by atoms with Crippen molar-refractivity contribution in [3.05, 3.63) is 0 Å². The average Bonchev–Trinajstić information content (AvgIpc) is 1.83. The molecule has 4 heteroatoms. The molecule has 0 atom stereocenters. The Hall–Kier alpha value is 0.715. The second-order valence-electron chi connectivity index (χ2n) is 4.68. The van der Waals surface area contributed by atoms with Gasteiger partial charge >= 0.3 is 7.12 Å². The first kappa shape index (κ1) is 10.8. The molecule has 0 aromatic carbocycles. The highest BCUT2D eigenvalue weighted by molar-refractivity contribution is 14.1. The fraction of sp³-hybridized carbons (Fsp3) is 1.00. The highest BCUT2D eigenvalue weighted by Crippen LogP contribution is 2.29. The van der Waals surface area contributed by atoms with E-state index in [-0.39, 0.29) is 15.9 Å². The van der Waals surface area contributed by atoms with Crippen LogP contribution in [-0.4, -0.2) is 23.7 Å². The Bertz CT molecular complexity index is 155. The van der Waals surface area contributed by atoms with Gasteiger partial charge in [-0.05, 0) is 0 Å². The minimum atomic E-state index is -0.0499. The van der Waals surface area contributed by atoms with Crippen molar-refractivity contribution in [2.24, 2.45) is 5.41 Å². The molecule has 2 nitrogen and oxygen atoms in total. The monoisotopic (exact) mass is 282 g/mol. The van der Waals surface area contributed by atoms with Crippen LogP contribution in [0, 0.1) is 5.41 Å². The summed E-state index contributed by atoms with van der Waals surface area (Å²) in [5, 5.41) is 0. The van der Waals surface area contributed by atoms with E-state index in [1.807, 2.05) is 0 Å². The minimum absolute atomic E-state index is 0.0499. The summed E-state index contributed by atoms with van der Waals surface area (Å²) >= 11 is 2.36. The van der Waals surface area contributed by atoms with Crippen molar-refractivity contribution in [1.82, 2.24) is 0 Å². The van der Waals surface area contributed by atoms with Crippen molar-refractivity contribution in [2.75, 3.05) is 13.2 Å². The summed E-state index contributed by atoms with van der Waals surface area (Å²) < 4.78 is 11.3. The van der Waals surface area contributed by atoms with Gasteiger partial charge in [-0.1, -0.05) is 50.3 Å². The first-order chi connectivity index (χ1) is 5.31. The molecule has 0 aromatic heterocycles. The van der Waals surface area contributed by atoms with Crippen LogP contribution in [0.25, 0.3) is 0 Å². The van der Waals surface area contributed by atoms with Gasteiger partial charge in [-0.25, -0.2) is 0 Å². The standard InChI is InChI=1S/C8H16BIO2/c1-7(2)5-11-9(12-6-7)8(3,4)10/h5-6H2,1-4H3. The lowest BCUT2D eigenvalue weighted by molar-refractivity contribution is 0.0249. The molecule has 0 unspecified atom stereocenters. The van der Waals surface area contributed by atoms with Gasteiger partial charge in [0, 0.05) is 18.6 Å². The molecular formula is C8H16BIO2. The molecule has 1 rings (SSSR count). The van der Waals surface area contributed by atoms with Crippen LogP contribution in [0.1, 0.15) is 27.7 Å². The molecular weight excluding hydrogens is 266 g/mol. The van der Waals surface area contributed by atoms with Crippen molar-refractivity contribution in [3.63, 3.8) is 0 Å². The summed E-state index contributed by atoms with van der Waals surface area (Å²) in [6.07, 6.45) is 0. The molecule has 0 aliphatic carbocycles. The first-order valence-electron chi connectivity index (χ1n) is 4.23. The van der Waals surface area contributed by atoms with E-state index in [9.17, 15) is 0 Å². The normalized spacial score (nSPS) is 24.2. The molecule has 0 bridgehead atoms. The molecule has 1 saturated heterocycles. The third-order valence-electron chi connectivity index (χ3n) is 1.81. The Morgan fingerprint density at radius 2 is 1.67 bits per heavy atom. The lowest BCUT2D eigenvalue weighted by Gasteiger charge is -2.36. The smallest absolute Gasteiger partial charge is 0.410 e. The summed E-state index contributed by atoms with van der Waals surface area (Å²) in [5.41, 5.74) is 0.179. The van der Waals surface area contributed by atoms with E-state index < -0.39 is 0 Å². The Morgan fingerprint density at radius 3 is 2.00 bits per heavy atom. The van der Waals surface area contributed by atoms with Crippen molar-refractivity contribution >= 4 is 29.7 Å². The van der Waals surface area contributed by atoms with Crippen LogP contribution >= 0.6 is 22.6 Å². The molecule has 0 amide bonds. The Balaban J connectivity index is 2.47. The maximum absolute atomic E-state index is 5.63. The predicted octanol–water partition coefficient (Wildman–Crippen LogP) is 2.30. The number of alkyl halides is 1. The highest BCUT2D eigenvalue weighted by atomic mass is 127. The highest BCUT2D eigenvalue weighted by Gasteiger charge is 2.41. The summed E-state index contributed by atoms with van der Waals surface area (Å²) in [6, 6.07) is 0. The van der Waals surface area contributed by atoms with Crippen LogP contribution in [0.3, 0.4) is 0 Å². The minimum Gasteiger partial charge on any atom is -0.410 e. The number of rotatable bonds is 1. The third kappa shape index (κ3) is 2.89. The zero-order valence-electron chi connectivity index (χ0n) is 8.19. The van der Waals surface area contributed by atoms with Gasteiger partial charge in [0.2, 0.25) is 0 Å². The van der Waals surface area contributed by atoms with E-state index in [2.05, 4.69) is 50.3 Å². The van der Waals surface area contributed by atoms with E-state index in [1.54, 1.807) is 0 Å². The number of halogens is 1. The lowest BCUT2D eigenvalue weighted by Crippen LogP contribution is -2.49. The van der Waals surface area contributed by atoms with E-state index in [0.717, 1.165) is 13.2 Å². The van der Waals surface area contributed by atoms with Crippen molar-refractivity contribution < 1.29 is 9.31 Å². The molecule has 70 valence electrons. The van der Waals surface area contributed by atoms with Gasteiger partial charge < -0.3 is 9.31 Å². The fourth-order valence-corrected chi connectivity index (χ4v) is 1.45. The van der Waals surface area contributed by atoms with Crippen LogP contribution in [0.15, 0.2) is 0 Å². The van der Waals surface area contributed by atoms with Crippen LogP contribution in [0.2, 0.25) is 0 Å². The molecule has 1 fully saturated rings. The van der Waals surface area contributed by atoms with Gasteiger partial charge in [0.15, 0.2) is 0 Å². The predicted molar refractivity (Wildman–Crippen MR) is 59.5 cm³/mol. The zero-order chi connectivity index (χ0) is 9.41. The third-order valence-corrected chi connectivity index (χ3v) is 2.32. The van der Waals surface area contributed by atoms with E-state index in [0.29, 0.717) is 0 Å². The van der Waals surface area contributed by atoms with Crippen molar-refractivity contribution in [1.29, 1.82) is 0 Å². The van der Waals surface area contributed by atoms with Gasteiger partial charge in [0.1, 0.15) is 0 Å². The van der Waals surface area contributed by atoms with Crippen molar-refractivity contribution in [2.45, 2.75) is 31.0 Å². The Kier molecular flexibility index (Phi) is 3.11. The van der Waals surface area contributed by atoms with E-state index in [1.165, 1.54) is 0 Å². The summed E-state index contributed by atoms with van der Waals surface area (Å²) in [4.78, 5) is 0. The molecule has 1 aliphatic heterocycles. The lowest BCUT2D eigenvalue weighted by atomic mass is 9.72. The van der Waals surface area contributed by atoms with Crippen molar-refractivity contribution in [3.8, 4) is 0 Å². The summed E-state index contributed by atoms with van der Waals surface area (Å²) in [6.45, 7) is 10.1. The quantitative estimate of drug-likeness (QED) is 0.417. The molecule has 0 aromatic rings. The van der Waals surface area contributed by atoms with Gasteiger partial charge in [0.25, 0.3) is 0 Å². The summed E-state index contributed by atoms with van der Waals surface area (Å²) in [7, 11) is -0.0499. The largest absolute Gasteiger partial charge is 0.473 e. The van der Waals surface area contributed by atoms with Gasteiger partial charge in [-0.2, -0.15) is 0 Å². The van der Waals surface area contributed by atoms with E-state index >= 15 is 0 Å². The zero-order valence-corrected chi connectivity index (χ0v) is 10.3. The summed E-state index contributed by atoms with van der Waals surface area (Å²) in [5.74, 6) is 0. The van der Waals surface area contributed by atoms with Gasteiger partial charge in [-0.15, -0.1) is 0 Å². The van der Waals surface area contributed by atoms with Crippen LogP contribution < -0.4 is 0 Å². The molecule has 0 saturated carbocycles. The number of hydrogen-bond acceptors (Lipinski definition) is 2. The molecule has 12 heavy (non-hydrogen) atoms. The van der Waals surface area contributed by atoms with Gasteiger partial charge in [-0.3, -0.25) is 0 Å². The molecule has 0 N–H and O–H groups in total. The van der Waals surface area contributed by atoms with Crippen LogP contribution in [0.4, 0.5) is 0 Å².